The lowest BCUT2D eigenvalue weighted by molar-refractivity contribution is 0.0706. The second-order valence-electron chi connectivity index (χ2n) is 5.67. The van der Waals surface area contributed by atoms with Crippen LogP contribution in [0.2, 0.25) is 0 Å². The lowest BCUT2D eigenvalue weighted by Gasteiger charge is -2.21. The summed E-state index contributed by atoms with van der Waals surface area (Å²) in [4.78, 5) is 14.3. The molecule has 5 nitrogen and oxygen atoms in total. The number of aliphatic hydroxyl groups is 1. The molecule has 1 aliphatic rings. The van der Waals surface area contributed by atoms with Gasteiger partial charge in [-0.3, -0.25) is 9.48 Å². The summed E-state index contributed by atoms with van der Waals surface area (Å²) in [6, 6.07) is 0.312. The Morgan fingerprint density at radius 1 is 1.58 bits per heavy atom. The Labute approximate surface area is 114 Å². The van der Waals surface area contributed by atoms with Crippen LogP contribution >= 0.6 is 0 Å². The molecule has 0 saturated heterocycles. The largest absolute Gasteiger partial charge is 0.395 e. The Kier molecular flexibility index (Phi) is 4.24. The molecular formula is C14H23N3O2. The monoisotopic (exact) mass is 265 g/mol. The van der Waals surface area contributed by atoms with Gasteiger partial charge in [-0.05, 0) is 25.7 Å². The van der Waals surface area contributed by atoms with Crippen molar-refractivity contribution in [2.24, 2.45) is 5.92 Å². The van der Waals surface area contributed by atoms with Crippen molar-refractivity contribution in [1.29, 1.82) is 0 Å². The van der Waals surface area contributed by atoms with E-state index in [4.69, 9.17) is 5.11 Å². The van der Waals surface area contributed by atoms with E-state index in [2.05, 4.69) is 18.9 Å². The first kappa shape index (κ1) is 14.1. The number of nitrogens with zero attached hydrogens (tertiary/aromatic N) is 3. The molecule has 1 heterocycles. The summed E-state index contributed by atoms with van der Waals surface area (Å²) in [6.45, 7) is 7.45. The zero-order chi connectivity index (χ0) is 14.0. The van der Waals surface area contributed by atoms with Gasteiger partial charge in [0.25, 0.3) is 5.91 Å². The van der Waals surface area contributed by atoms with Crippen molar-refractivity contribution in [1.82, 2.24) is 14.7 Å². The molecule has 1 amide bonds. The van der Waals surface area contributed by atoms with Crippen molar-refractivity contribution < 1.29 is 9.90 Å². The summed E-state index contributed by atoms with van der Waals surface area (Å²) in [5.41, 5.74) is 1.59. The molecule has 1 aromatic rings. The van der Waals surface area contributed by atoms with Crippen LogP contribution in [0.25, 0.3) is 0 Å². The first-order valence-electron chi connectivity index (χ1n) is 6.98. The average Bonchev–Trinajstić information content (AvgIpc) is 3.12. The van der Waals surface area contributed by atoms with E-state index in [0.717, 1.165) is 25.1 Å². The molecule has 1 N–H and O–H groups in total. The average molecular weight is 265 g/mol. The molecule has 106 valence electrons. The zero-order valence-electron chi connectivity index (χ0n) is 12.0. The quantitative estimate of drug-likeness (QED) is 0.847. The van der Waals surface area contributed by atoms with Crippen molar-refractivity contribution in [2.75, 3.05) is 13.2 Å². The van der Waals surface area contributed by atoms with Crippen LogP contribution in [0.4, 0.5) is 0 Å². The van der Waals surface area contributed by atoms with Gasteiger partial charge in [0.05, 0.1) is 18.4 Å². The van der Waals surface area contributed by atoms with Crippen LogP contribution in [0.5, 0.6) is 0 Å². The van der Waals surface area contributed by atoms with E-state index in [1.54, 1.807) is 11.1 Å². The third-order valence-electron chi connectivity index (χ3n) is 3.46. The highest BCUT2D eigenvalue weighted by Gasteiger charge is 2.33. The Bertz CT molecular complexity index is 450. The number of aromatic nitrogens is 2. The van der Waals surface area contributed by atoms with Gasteiger partial charge in [0, 0.05) is 24.8 Å². The first-order valence-corrected chi connectivity index (χ1v) is 6.98. The first-order chi connectivity index (χ1) is 9.04. The smallest absolute Gasteiger partial charge is 0.257 e. The molecule has 0 aromatic carbocycles. The Balaban J connectivity index is 2.16. The molecule has 19 heavy (non-hydrogen) atoms. The number of hydrogen-bond acceptors (Lipinski definition) is 3. The summed E-state index contributed by atoms with van der Waals surface area (Å²) < 4.78 is 1.89. The van der Waals surface area contributed by atoms with Crippen molar-refractivity contribution in [3.8, 4) is 0 Å². The van der Waals surface area contributed by atoms with Gasteiger partial charge in [-0.25, -0.2) is 0 Å². The normalized spacial score (nSPS) is 15.0. The number of hydrogen-bond donors (Lipinski definition) is 1. The SMILES string of the molecule is Cc1c(C(=O)N(CCO)C2CC2)cnn1CC(C)C. The summed E-state index contributed by atoms with van der Waals surface area (Å²) in [5, 5.41) is 13.4. The topological polar surface area (TPSA) is 58.4 Å². The fourth-order valence-corrected chi connectivity index (χ4v) is 2.29. The van der Waals surface area contributed by atoms with Crippen molar-refractivity contribution in [3.63, 3.8) is 0 Å². The zero-order valence-corrected chi connectivity index (χ0v) is 12.0. The van der Waals surface area contributed by atoms with Crippen LogP contribution in [0, 0.1) is 12.8 Å². The van der Waals surface area contributed by atoms with Gasteiger partial charge in [0.15, 0.2) is 0 Å². The van der Waals surface area contributed by atoms with Gasteiger partial charge < -0.3 is 10.0 Å². The van der Waals surface area contributed by atoms with Crippen LogP contribution in [0.1, 0.15) is 42.7 Å². The third-order valence-corrected chi connectivity index (χ3v) is 3.46. The van der Waals surface area contributed by atoms with Crippen molar-refractivity contribution in [2.45, 2.75) is 46.2 Å². The van der Waals surface area contributed by atoms with Crippen LogP contribution in [-0.4, -0.2) is 44.9 Å². The minimum absolute atomic E-state index is 0.00376. The Morgan fingerprint density at radius 2 is 2.26 bits per heavy atom. The van der Waals surface area contributed by atoms with Gasteiger partial charge in [0.2, 0.25) is 0 Å². The maximum Gasteiger partial charge on any atom is 0.257 e. The van der Waals surface area contributed by atoms with E-state index < -0.39 is 0 Å². The van der Waals surface area contributed by atoms with Crippen molar-refractivity contribution >= 4 is 5.91 Å². The van der Waals surface area contributed by atoms with Gasteiger partial charge in [-0.15, -0.1) is 0 Å². The van der Waals surface area contributed by atoms with E-state index in [-0.39, 0.29) is 12.5 Å². The minimum atomic E-state index is 0.00376. The molecule has 1 aromatic heterocycles. The molecule has 0 unspecified atom stereocenters. The summed E-state index contributed by atoms with van der Waals surface area (Å²) >= 11 is 0. The Morgan fingerprint density at radius 3 is 2.79 bits per heavy atom. The molecule has 1 aliphatic carbocycles. The van der Waals surface area contributed by atoms with E-state index in [9.17, 15) is 4.79 Å². The number of carbonyl (C=O) groups excluding carboxylic acids is 1. The van der Waals surface area contributed by atoms with Crippen LogP contribution in [-0.2, 0) is 6.54 Å². The van der Waals surface area contributed by atoms with E-state index in [0.29, 0.717) is 24.1 Å². The fraction of sp³-hybridized carbons (Fsp3) is 0.714. The Hall–Kier alpha value is -1.36. The number of carbonyl (C=O) groups is 1. The van der Waals surface area contributed by atoms with E-state index >= 15 is 0 Å². The maximum absolute atomic E-state index is 12.5. The molecule has 1 fully saturated rings. The molecule has 0 spiro atoms. The molecule has 0 bridgehead atoms. The second-order valence-corrected chi connectivity index (χ2v) is 5.67. The molecule has 5 heteroatoms. The van der Waals surface area contributed by atoms with Crippen LogP contribution in [0.3, 0.4) is 0 Å². The number of aliphatic hydroxyl groups excluding tert-OH is 1. The predicted octanol–water partition coefficient (Wildman–Crippen LogP) is 1.44. The molecule has 0 atom stereocenters. The maximum atomic E-state index is 12.5. The fourth-order valence-electron chi connectivity index (χ4n) is 2.29. The predicted molar refractivity (Wildman–Crippen MR) is 72.9 cm³/mol. The minimum Gasteiger partial charge on any atom is -0.395 e. The molecular weight excluding hydrogens is 242 g/mol. The summed E-state index contributed by atoms with van der Waals surface area (Å²) in [7, 11) is 0. The lowest BCUT2D eigenvalue weighted by Crippen LogP contribution is -2.35. The van der Waals surface area contributed by atoms with Crippen LogP contribution in [0.15, 0.2) is 6.20 Å². The summed E-state index contributed by atoms with van der Waals surface area (Å²) in [6.07, 6.45) is 3.75. The molecule has 0 radical (unpaired) electrons. The highest BCUT2D eigenvalue weighted by atomic mass is 16.3. The standard InChI is InChI=1S/C14H23N3O2/c1-10(2)9-17-11(3)13(8-15-17)14(19)16(6-7-18)12-4-5-12/h8,10,12,18H,4-7,9H2,1-3H3. The number of rotatable bonds is 6. The number of amides is 1. The second kappa shape index (κ2) is 5.74. The molecule has 0 aliphatic heterocycles. The van der Waals surface area contributed by atoms with E-state index in [1.807, 2.05) is 11.6 Å². The van der Waals surface area contributed by atoms with Crippen LogP contribution < -0.4 is 0 Å². The molecule has 2 rings (SSSR count). The van der Waals surface area contributed by atoms with Gasteiger partial charge in [-0.2, -0.15) is 5.10 Å². The summed E-state index contributed by atoms with van der Waals surface area (Å²) in [5.74, 6) is 0.502. The van der Waals surface area contributed by atoms with Gasteiger partial charge in [-0.1, -0.05) is 13.8 Å². The van der Waals surface area contributed by atoms with Gasteiger partial charge in [0.1, 0.15) is 0 Å². The third kappa shape index (κ3) is 3.15. The molecule has 1 saturated carbocycles. The highest BCUT2D eigenvalue weighted by Crippen LogP contribution is 2.28. The highest BCUT2D eigenvalue weighted by molar-refractivity contribution is 5.95. The van der Waals surface area contributed by atoms with E-state index in [1.165, 1.54) is 0 Å². The van der Waals surface area contributed by atoms with Gasteiger partial charge >= 0.3 is 0 Å². The van der Waals surface area contributed by atoms with Crippen molar-refractivity contribution in [3.05, 3.63) is 17.5 Å². The lowest BCUT2D eigenvalue weighted by atomic mass is 10.2.